The molecule has 2 aliphatic carbocycles. The first kappa shape index (κ1) is 35.6. The minimum absolute atomic E-state index is 0.0742. The lowest BCUT2D eigenvalue weighted by Gasteiger charge is -2.50. The highest BCUT2D eigenvalue weighted by molar-refractivity contribution is 7.90. The number of hydrogen-bond acceptors (Lipinski definition) is 8. The number of aryl methyl sites for hydroxylation is 1. The van der Waals surface area contributed by atoms with E-state index in [0.29, 0.717) is 69.0 Å². The molecule has 2 aromatic carbocycles. The standard InChI is InChI=1S/C39H51ClFN3O6S/c1-24-5-3-7-33(38-48-20-31(21-49-38)43-18-30(41)19-43)32-11-8-28(32)17-44-22-39(14-4-6-26-15-29(40)10-12-34(26)39)23-50-36-13-9-27(16-35(36)44)37(45)42-51(46,47)25(24)2/h9-10,12-13,15-16,24-25,28,30-33,38H,3-8,11,14,17-23H2,1-2H3,(H,42,45)/t24-,25+,28-,31-,32+,33+,38+,39-/m0/s1. The Labute approximate surface area is 306 Å². The molecule has 6 atom stereocenters. The van der Waals surface area contributed by atoms with E-state index >= 15 is 0 Å². The Hall–Kier alpha value is -2.44. The summed E-state index contributed by atoms with van der Waals surface area (Å²) in [6.07, 6.45) is 6.40. The Morgan fingerprint density at radius 1 is 0.961 bits per heavy atom. The smallest absolute Gasteiger partial charge is 0.264 e. The van der Waals surface area contributed by atoms with Crippen molar-refractivity contribution in [3.63, 3.8) is 0 Å². The Morgan fingerprint density at radius 3 is 2.51 bits per heavy atom. The molecule has 1 N–H and O–H groups in total. The second-order valence-corrected chi connectivity index (χ2v) is 18.8. The van der Waals surface area contributed by atoms with E-state index in [-0.39, 0.29) is 29.6 Å². The largest absolute Gasteiger partial charge is 0.490 e. The summed E-state index contributed by atoms with van der Waals surface area (Å²) in [6, 6.07) is 11.6. The van der Waals surface area contributed by atoms with E-state index in [0.717, 1.165) is 62.2 Å². The number of nitrogens with one attached hydrogen (secondary N) is 1. The lowest BCUT2D eigenvalue weighted by Crippen LogP contribution is -2.59. The predicted octanol–water partition coefficient (Wildman–Crippen LogP) is 6.12. The summed E-state index contributed by atoms with van der Waals surface area (Å²) < 4.78 is 62.7. The number of hydrogen-bond donors (Lipinski definition) is 1. The topological polar surface area (TPSA) is 97.4 Å². The van der Waals surface area contributed by atoms with E-state index in [1.54, 1.807) is 13.0 Å². The van der Waals surface area contributed by atoms with Crippen molar-refractivity contribution in [2.45, 2.75) is 94.4 Å². The number of benzene rings is 2. The molecule has 278 valence electrons. The van der Waals surface area contributed by atoms with Crippen molar-refractivity contribution in [1.29, 1.82) is 0 Å². The first-order valence-corrected chi connectivity index (χ1v) is 20.9. The summed E-state index contributed by atoms with van der Waals surface area (Å²) >= 11 is 6.47. The zero-order chi connectivity index (χ0) is 35.5. The van der Waals surface area contributed by atoms with Crippen molar-refractivity contribution in [1.82, 2.24) is 9.62 Å². The van der Waals surface area contributed by atoms with Crippen LogP contribution in [0.5, 0.6) is 5.75 Å². The van der Waals surface area contributed by atoms with Crippen LogP contribution in [0.25, 0.3) is 0 Å². The van der Waals surface area contributed by atoms with Crippen LogP contribution in [0.1, 0.15) is 80.3 Å². The van der Waals surface area contributed by atoms with E-state index in [1.807, 2.05) is 25.1 Å². The molecule has 6 aliphatic rings. The molecule has 2 aromatic rings. The number of rotatable bonds is 2. The molecular formula is C39H51ClFN3O6S. The third-order valence-electron chi connectivity index (χ3n) is 13.1. The van der Waals surface area contributed by atoms with Gasteiger partial charge in [-0.05, 0) is 111 Å². The maximum Gasteiger partial charge on any atom is 0.264 e. The summed E-state index contributed by atoms with van der Waals surface area (Å²) in [6.45, 7) is 7.58. The van der Waals surface area contributed by atoms with Crippen molar-refractivity contribution < 1.29 is 31.8 Å². The van der Waals surface area contributed by atoms with Gasteiger partial charge in [-0.25, -0.2) is 17.5 Å². The number of likely N-dealkylation sites (tertiary alicyclic amines) is 1. The number of sulfonamides is 1. The van der Waals surface area contributed by atoms with Crippen LogP contribution in [0, 0.1) is 23.7 Å². The average molecular weight is 744 g/mol. The number of amides is 1. The number of halogens is 2. The second kappa shape index (κ2) is 14.1. The molecule has 1 saturated carbocycles. The maximum atomic E-state index is 13.6. The Balaban J connectivity index is 1.13. The quantitative estimate of drug-likeness (QED) is 0.394. The van der Waals surface area contributed by atoms with Gasteiger partial charge in [0.25, 0.3) is 5.91 Å². The van der Waals surface area contributed by atoms with Crippen LogP contribution in [0.15, 0.2) is 36.4 Å². The molecule has 2 saturated heterocycles. The Bertz CT molecular complexity index is 1730. The zero-order valence-corrected chi connectivity index (χ0v) is 31.3. The summed E-state index contributed by atoms with van der Waals surface area (Å²) in [5, 5.41) is -0.00953. The molecule has 1 spiro atoms. The van der Waals surface area contributed by atoms with Crippen LogP contribution in [0.4, 0.5) is 10.1 Å². The molecule has 0 aromatic heterocycles. The molecule has 0 radical (unpaired) electrons. The molecule has 4 heterocycles. The molecule has 4 aliphatic heterocycles. The molecule has 2 bridgehead atoms. The fourth-order valence-corrected chi connectivity index (χ4v) is 11.2. The third-order valence-corrected chi connectivity index (χ3v) is 15.3. The van der Waals surface area contributed by atoms with Gasteiger partial charge in [0, 0.05) is 48.1 Å². The van der Waals surface area contributed by atoms with Crippen LogP contribution in [-0.4, -0.2) is 89.0 Å². The second-order valence-electron chi connectivity index (χ2n) is 16.3. The molecule has 3 fully saturated rings. The van der Waals surface area contributed by atoms with Crippen LogP contribution in [0.3, 0.4) is 0 Å². The molecule has 0 unspecified atom stereocenters. The monoisotopic (exact) mass is 743 g/mol. The highest BCUT2D eigenvalue weighted by Gasteiger charge is 2.47. The highest BCUT2D eigenvalue weighted by atomic mass is 35.5. The first-order chi connectivity index (χ1) is 24.5. The van der Waals surface area contributed by atoms with Crippen molar-refractivity contribution in [3.8, 4) is 5.75 Å². The van der Waals surface area contributed by atoms with Gasteiger partial charge in [-0.1, -0.05) is 31.0 Å². The third kappa shape index (κ3) is 6.91. The van der Waals surface area contributed by atoms with Gasteiger partial charge in [-0.3, -0.25) is 9.69 Å². The minimum Gasteiger partial charge on any atom is -0.490 e. The normalized spacial score (nSPS) is 36.0. The van der Waals surface area contributed by atoms with E-state index in [2.05, 4.69) is 26.7 Å². The van der Waals surface area contributed by atoms with Gasteiger partial charge in [0.1, 0.15) is 11.9 Å². The van der Waals surface area contributed by atoms with Gasteiger partial charge in [-0.15, -0.1) is 0 Å². The summed E-state index contributed by atoms with van der Waals surface area (Å²) in [5.41, 5.74) is 3.38. The summed E-state index contributed by atoms with van der Waals surface area (Å²) in [4.78, 5) is 18.1. The fraction of sp³-hybridized carbons (Fsp3) is 0.667. The molecule has 1 amide bonds. The van der Waals surface area contributed by atoms with Crippen molar-refractivity contribution in [3.05, 3.63) is 58.1 Å². The van der Waals surface area contributed by atoms with E-state index in [1.165, 1.54) is 11.1 Å². The molecular weight excluding hydrogens is 693 g/mol. The van der Waals surface area contributed by atoms with Gasteiger partial charge < -0.3 is 19.1 Å². The minimum atomic E-state index is -3.93. The summed E-state index contributed by atoms with van der Waals surface area (Å²) in [7, 11) is -3.93. The lowest BCUT2D eigenvalue weighted by molar-refractivity contribution is -0.249. The Morgan fingerprint density at radius 2 is 1.76 bits per heavy atom. The predicted molar refractivity (Wildman–Crippen MR) is 195 cm³/mol. The number of alkyl halides is 1. The van der Waals surface area contributed by atoms with Crippen molar-refractivity contribution in [2.75, 3.05) is 50.9 Å². The number of nitrogens with zero attached hydrogens (tertiary/aromatic N) is 2. The van der Waals surface area contributed by atoms with Crippen molar-refractivity contribution in [2.24, 2.45) is 23.7 Å². The number of anilines is 1. The van der Waals surface area contributed by atoms with Crippen LogP contribution in [-0.2, 0) is 31.3 Å². The first-order valence-electron chi connectivity index (χ1n) is 19.0. The maximum absolute atomic E-state index is 13.6. The van der Waals surface area contributed by atoms with Gasteiger partial charge >= 0.3 is 0 Å². The van der Waals surface area contributed by atoms with Crippen molar-refractivity contribution >= 4 is 33.2 Å². The van der Waals surface area contributed by atoms with Gasteiger partial charge in [0.15, 0.2) is 6.29 Å². The van der Waals surface area contributed by atoms with E-state index < -0.39 is 27.4 Å². The average Bonchev–Trinajstić information content (AvgIpc) is 3.24. The van der Waals surface area contributed by atoms with Crippen LogP contribution < -0.4 is 14.4 Å². The lowest BCUT2D eigenvalue weighted by atomic mass is 9.64. The molecule has 9 nitrogen and oxygen atoms in total. The zero-order valence-electron chi connectivity index (χ0n) is 29.7. The number of carbonyl (C=O) groups excluding carboxylic acids is 1. The van der Waals surface area contributed by atoms with Gasteiger partial charge in [0.05, 0.1) is 36.8 Å². The number of fused-ring (bicyclic) bond motifs is 4. The van der Waals surface area contributed by atoms with Gasteiger partial charge in [0.2, 0.25) is 10.0 Å². The van der Waals surface area contributed by atoms with Gasteiger partial charge in [-0.2, -0.15) is 0 Å². The fourth-order valence-electron chi connectivity index (χ4n) is 9.69. The number of carbonyl (C=O) groups is 1. The van der Waals surface area contributed by atoms with Crippen LogP contribution in [0.2, 0.25) is 5.02 Å². The molecule has 51 heavy (non-hydrogen) atoms. The SMILES string of the molecule is C[C@@H]1[C@@H](C)CCC[C@@H]([C@H]2OC[C@@H](N3CC(F)C3)CO2)[C@@H]2CC[C@H]2CN2C[C@@]3(CCCc4cc(Cl)ccc43)COc3ccc(cc32)C(=O)NS1(=O)=O. The van der Waals surface area contributed by atoms with Crippen LogP contribution >= 0.6 is 11.6 Å². The summed E-state index contributed by atoms with van der Waals surface area (Å²) in [5.74, 6) is 0.826. The number of ether oxygens (including phenoxy) is 3. The molecule has 12 heteroatoms. The molecule has 8 rings (SSSR count). The van der Waals surface area contributed by atoms with E-state index in [4.69, 9.17) is 25.8 Å². The Kier molecular flexibility index (Phi) is 9.83. The highest BCUT2D eigenvalue weighted by Crippen LogP contribution is 2.49. The van der Waals surface area contributed by atoms with E-state index in [9.17, 15) is 17.6 Å².